The van der Waals surface area contributed by atoms with Crippen LogP contribution in [0.1, 0.15) is 16.1 Å². The van der Waals surface area contributed by atoms with Crippen LogP contribution >= 0.6 is 11.3 Å². The van der Waals surface area contributed by atoms with E-state index in [-0.39, 0.29) is 10.7 Å². The van der Waals surface area contributed by atoms with Gasteiger partial charge in [0.25, 0.3) is 5.56 Å². The van der Waals surface area contributed by atoms with Crippen molar-refractivity contribution in [2.24, 2.45) is 0 Å². The van der Waals surface area contributed by atoms with Crippen molar-refractivity contribution in [3.05, 3.63) is 62.3 Å². The lowest BCUT2D eigenvalue weighted by atomic mass is 10.1. The van der Waals surface area contributed by atoms with E-state index in [1.54, 1.807) is 11.3 Å². The summed E-state index contributed by atoms with van der Waals surface area (Å²) in [4.78, 5) is 26.7. The lowest BCUT2D eigenvalue weighted by Gasteiger charge is -2.27. The van der Waals surface area contributed by atoms with Crippen LogP contribution in [0, 0.1) is 0 Å². The molecule has 7 nitrogen and oxygen atoms in total. The highest BCUT2D eigenvalue weighted by molar-refractivity contribution is 7.90. The van der Waals surface area contributed by atoms with E-state index >= 15 is 0 Å². The minimum absolute atomic E-state index is 0.256. The van der Waals surface area contributed by atoms with Gasteiger partial charge in [0.15, 0.2) is 0 Å². The first-order valence-electron chi connectivity index (χ1n) is 8.44. The molecule has 4 rings (SSSR count). The third kappa shape index (κ3) is 3.71. The van der Waals surface area contributed by atoms with Gasteiger partial charge in [0.2, 0.25) is 15.0 Å². The maximum atomic E-state index is 12.4. The van der Waals surface area contributed by atoms with Crippen molar-refractivity contribution < 1.29 is 8.42 Å². The summed E-state index contributed by atoms with van der Waals surface area (Å²) in [5.74, 6) is 0. The Hall–Kier alpha value is -2.36. The summed E-state index contributed by atoms with van der Waals surface area (Å²) in [5, 5.41) is -0.256. The SMILES string of the molecule is CS(=O)(=O)c1nc2c(c(=O)[nH]1)CN(Cc1scnc1-c1ccccc1)CC2. The number of hydrogen-bond acceptors (Lipinski definition) is 7. The molecular weight excluding hydrogens is 384 g/mol. The molecule has 27 heavy (non-hydrogen) atoms. The number of rotatable bonds is 4. The lowest BCUT2D eigenvalue weighted by molar-refractivity contribution is 0.243. The minimum Gasteiger partial charge on any atom is -0.297 e. The van der Waals surface area contributed by atoms with Crippen molar-refractivity contribution >= 4 is 21.2 Å². The van der Waals surface area contributed by atoms with E-state index in [1.807, 2.05) is 35.8 Å². The Morgan fingerprint density at radius 3 is 2.78 bits per heavy atom. The predicted octanol–water partition coefficient (Wildman–Crippen LogP) is 1.86. The molecule has 0 spiro atoms. The summed E-state index contributed by atoms with van der Waals surface area (Å²) < 4.78 is 23.3. The van der Waals surface area contributed by atoms with Gasteiger partial charge in [-0.1, -0.05) is 30.3 Å². The Labute approximate surface area is 160 Å². The zero-order valence-corrected chi connectivity index (χ0v) is 16.3. The molecule has 0 saturated carbocycles. The zero-order chi connectivity index (χ0) is 19.0. The minimum atomic E-state index is -3.54. The summed E-state index contributed by atoms with van der Waals surface area (Å²) in [6.07, 6.45) is 1.59. The van der Waals surface area contributed by atoms with Crippen LogP contribution in [-0.4, -0.2) is 41.1 Å². The van der Waals surface area contributed by atoms with Gasteiger partial charge in [-0.05, 0) is 0 Å². The molecule has 9 heteroatoms. The number of hydrogen-bond donors (Lipinski definition) is 1. The highest BCUT2D eigenvalue weighted by Gasteiger charge is 2.24. The molecule has 1 aliphatic heterocycles. The van der Waals surface area contributed by atoms with Crippen LogP contribution in [0.4, 0.5) is 0 Å². The van der Waals surface area contributed by atoms with Gasteiger partial charge in [0, 0.05) is 42.8 Å². The Morgan fingerprint density at radius 1 is 1.26 bits per heavy atom. The second kappa shape index (κ2) is 6.99. The summed E-state index contributed by atoms with van der Waals surface area (Å²) >= 11 is 1.60. The second-order valence-electron chi connectivity index (χ2n) is 6.52. The molecule has 3 aromatic rings. The molecule has 1 aliphatic rings. The number of nitrogens with one attached hydrogen (secondary N) is 1. The molecule has 0 fully saturated rings. The van der Waals surface area contributed by atoms with Crippen LogP contribution in [0.25, 0.3) is 11.3 Å². The fourth-order valence-corrected chi connectivity index (χ4v) is 4.56. The van der Waals surface area contributed by atoms with Gasteiger partial charge < -0.3 is 0 Å². The number of thiazole rings is 1. The molecule has 3 heterocycles. The number of H-pyrrole nitrogens is 1. The number of sulfone groups is 1. The molecule has 1 aromatic carbocycles. The third-order valence-electron chi connectivity index (χ3n) is 4.53. The van der Waals surface area contributed by atoms with Gasteiger partial charge in [-0.2, -0.15) is 0 Å². The van der Waals surface area contributed by atoms with E-state index in [1.165, 1.54) is 0 Å². The summed E-state index contributed by atoms with van der Waals surface area (Å²) in [7, 11) is -3.54. The quantitative estimate of drug-likeness (QED) is 0.669. The van der Waals surface area contributed by atoms with E-state index in [9.17, 15) is 13.2 Å². The summed E-state index contributed by atoms with van der Waals surface area (Å²) in [5.41, 5.74) is 4.61. The van der Waals surface area contributed by atoms with Crippen molar-refractivity contribution in [2.75, 3.05) is 12.8 Å². The van der Waals surface area contributed by atoms with Gasteiger partial charge in [-0.25, -0.2) is 18.4 Å². The highest BCUT2D eigenvalue weighted by atomic mass is 32.2. The maximum absolute atomic E-state index is 12.4. The predicted molar refractivity (Wildman–Crippen MR) is 103 cm³/mol. The Kier molecular flexibility index (Phi) is 4.67. The Bertz CT molecular complexity index is 1140. The largest absolute Gasteiger partial charge is 0.297 e. The Balaban J connectivity index is 1.59. The standard InChI is InChI=1S/C18H18N4O3S2/c1-27(24,25)18-20-14-7-8-22(9-13(14)17(23)21-18)10-15-16(19-11-26-15)12-5-3-2-4-6-12/h2-6,11H,7-10H2,1H3,(H,20,21,23). The molecule has 0 atom stereocenters. The molecule has 0 aliphatic carbocycles. The van der Waals surface area contributed by atoms with Crippen molar-refractivity contribution in [3.8, 4) is 11.3 Å². The fraction of sp³-hybridized carbons (Fsp3) is 0.278. The smallest absolute Gasteiger partial charge is 0.256 e. The van der Waals surface area contributed by atoms with Gasteiger partial charge in [-0.3, -0.25) is 14.7 Å². The lowest BCUT2D eigenvalue weighted by Crippen LogP contribution is -2.36. The average molecular weight is 403 g/mol. The second-order valence-corrected chi connectivity index (χ2v) is 9.39. The number of nitrogens with zero attached hydrogens (tertiary/aromatic N) is 3. The third-order valence-corrected chi connectivity index (χ3v) is 6.25. The van der Waals surface area contributed by atoms with Crippen LogP contribution in [0.2, 0.25) is 0 Å². The first-order chi connectivity index (χ1) is 12.9. The number of aromatic nitrogens is 3. The van der Waals surface area contributed by atoms with Crippen LogP contribution in [-0.2, 0) is 29.3 Å². The van der Waals surface area contributed by atoms with E-state index in [0.29, 0.717) is 37.3 Å². The van der Waals surface area contributed by atoms with Crippen molar-refractivity contribution in [1.29, 1.82) is 0 Å². The summed E-state index contributed by atoms with van der Waals surface area (Å²) in [6, 6.07) is 10.0. The van der Waals surface area contributed by atoms with Crippen molar-refractivity contribution in [2.45, 2.75) is 24.7 Å². The molecule has 140 valence electrons. The maximum Gasteiger partial charge on any atom is 0.256 e. The van der Waals surface area contributed by atoms with E-state index < -0.39 is 9.84 Å². The topological polar surface area (TPSA) is 96.0 Å². The van der Waals surface area contributed by atoms with Crippen molar-refractivity contribution in [1.82, 2.24) is 19.9 Å². The van der Waals surface area contributed by atoms with Crippen LogP contribution in [0.5, 0.6) is 0 Å². The van der Waals surface area contributed by atoms with Gasteiger partial charge in [0.05, 0.1) is 22.5 Å². The van der Waals surface area contributed by atoms with Crippen LogP contribution in [0.3, 0.4) is 0 Å². The van der Waals surface area contributed by atoms with E-state index in [0.717, 1.165) is 22.4 Å². The molecule has 1 N–H and O–H groups in total. The summed E-state index contributed by atoms with van der Waals surface area (Å²) in [6.45, 7) is 1.83. The number of fused-ring (bicyclic) bond motifs is 1. The fourth-order valence-electron chi connectivity index (χ4n) is 3.19. The van der Waals surface area contributed by atoms with E-state index in [2.05, 4.69) is 19.9 Å². The Morgan fingerprint density at radius 2 is 2.04 bits per heavy atom. The van der Waals surface area contributed by atoms with Crippen LogP contribution in [0.15, 0.2) is 45.8 Å². The molecule has 0 unspecified atom stereocenters. The van der Waals surface area contributed by atoms with Gasteiger partial charge >= 0.3 is 0 Å². The van der Waals surface area contributed by atoms with E-state index in [4.69, 9.17) is 0 Å². The molecule has 2 aromatic heterocycles. The first-order valence-corrected chi connectivity index (χ1v) is 11.2. The molecule has 0 amide bonds. The normalized spacial score (nSPS) is 14.9. The monoisotopic (exact) mass is 402 g/mol. The molecule has 0 bridgehead atoms. The zero-order valence-electron chi connectivity index (χ0n) is 14.7. The van der Waals surface area contributed by atoms with Crippen LogP contribution < -0.4 is 5.56 Å². The molecule has 0 radical (unpaired) electrons. The average Bonchev–Trinajstić information content (AvgIpc) is 3.10. The van der Waals surface area contributed by atoms with Gasteiger partial charge in [0.1, 0.15) is 0 Å². The highest BCUT2D eigenvalue weighted by Crippen LogP contribution is 2.28. The van der Waals surface area contributed by atoms with Gasteiger partial charge in [-0.15, -0.1) is 11.3 Å². The number of benzene rings is 1. The molecule has 0 saturated heterocycles. The molecular formula is C18H18N4O3S2. The first kappa shape index (κ1) is 18.0. The van der Waals surface area contributed by atoms with Crippen molar-refractivity contribution in [3.63, 3.8) is 0 Å². The number of aromatic amines is 1.